The first kappa shape index (κ1) is 23.2. The third-order valence-corrected chi connectivity index (χ3v) is 5.52. The van der Waals surface area contributed by atoms with Crippen molar-refractivity contribution in [2.75, 3.05) is 0 Å². The first-order chi connectivity index (χ1) is 14.0. The van der Waals surface area contributed by atoms with E-state index in [1.165, 1.54) is 33.9 Å². The number of carbonyl (C=O) groups is 2. The van der Waals surface area contributed by atoms with Gasteiger partial charge in [0.1, 0.15) is 0 Å². The van der Waals surface area contributed by atoms with Crippen LogP contribution in [0.15, 0.2) is 51.6 Å². The topological polar surface area (TPSA) is 181 Å². The van der Waals surface area contributed by atoms with Gasteiger partial charge in [0.05, 0.1) is 10.6 Å². The van der Waals surface area contributed by atoms with Gasteiger partial charge in [0.15, 0.2) is 4.96 Å². The Hall–Kier alpha value is -3.13. The van der Waals surface area contributed by atoms with Gasteiger partial charge in [0, 0.05) is 30.2 Å². The molecule has 0 fully saturated rings. The fourth-order valence-corrected chi connectivity index (χ4v) is 3.55. The van der Waals surface area contributed by atoms with Gasteiger partial charge in [-0.3, -0.25) is 9.20 Å². The lowest BCUT2D eigenvalue weighted by molar-refractivity contribution is -0.159. The van der Waals surface area contributed by atoms with E-state index >= 15 is 0 Å². The number of nitrogens with two attached hydrogens (primary N) is 1. The fraction of sp³-hybridized carbons (Fsp3) is 0.176. The van der Waals surface area contributed by atoms with E-state index in [4.69, 9.17) is 24.9 Å². The van der Waals surface area contributed by atoms with Crippen LogP contribution in [0, 0.1) is 0 Å². The highest BCUT2D eigenvalue weighted by molar-refractivity contribution is 7.89. The molecule has 0 spiro atoms. The summed E-state index contributed by atoms with van der Waals surface area (Å²) in [4.78, 5) is 35.3. The molecule has 13 heteroatoms. The first-order valence-corrected chi connectivity index (χ1v) is 10.7. The minimum absolute atomic E-state index is 0.0388. The van der Waals surface area contributed by atoms with Gasteiger partial charge < -0.3 is 15.5 Å². The Bertz CT molecular complexity index is 1200. The summed E-state index contributed by atoms with van der Waals surface area (Å²) in [6, 6.07) is 7.84. The third-order valence-electron chi connectivity index (χ3n) is 3.84. The number of sulfonamides is 1. The van der Waals surface area contributed by atoms with E-state index < -0.39 is 22.0 Å². The molecule has 2 aromatic heterocycles. The highest BCUT2D eigenvalue weighted by Gasteiger charge is 2.11. The number of aliphatic carboxylic acids is 2. The highest BCUT2D eigenvalue weighted by Crippen LogP contribution is 2.16. The van der Waals surface area contributed by atoms with E-state index in [9.17, 15) is 13.2 Å². The smallest absolute Gasteiger partial charge is 0.414 e. The molecule has 1 unspecified atom stereocenters. The highest BCUT2D eigenvalue weighted by atomic mass is 32.2. The van der Waals surface area contributed by atoms with Crippen LogP contribution in [0.2, 0.25) is 0 Å². The molecule has 30 heavy (non-hydrogen) atoms. The first-order valence-electron chi connectivity index (χ1n) is 8.27. The van der Waals surface area contributed by atoms with Gasteiger partial charge >= 0.3 is 11.9 Å². The quantitative estimate of drug-likeness (QED) is 0.397. The number of carboxylic acid groups (broad SMARTS) is 2. The molecular formula is C17H18N4O7S2. The number of thiazole rings is 1. The number of aromatic nitrogens is 2. The predicted octanol–water partition coefficient (Wildman–Crippen LogP) is 0.410. The Kier molecular flexibility index (Phi) is 7.39. The minimum atomic E-state index is -3.69. The van der Waals surface area contributed by atoms with Gasteiger partial charge in [-0.15, -0.1) is 11.3 Å². The molecule has 0 amide bonds. The van der Waals surface area contributed by atoms with E-state index in [1.54, 1.807) is 18.3 Å². The number of hydrogen-bond acceptors (Lipinski definition) is 8. The standard InChI is InChI=1S/C15H16N4O3S2.C2H2O4/c1-10(11-2-4-13(5-3-11)24(16,21)22)17-9-12-8-14(20)19-6-7-23-15(19)18-12;3-1(4)2(5)6/h2-8,10,17H,9H2,1H3,(H2,16,21,22);(H,3,4)(H,5,6). The van der Waals surface area contributed by atoms with Gasteiger partial charge in [-0.1, -0.05) is 12.1 Å². The van der Waals surface area contributed by atoms with E-state index in [2.05, 4.69) is 10.3 Å². The molecule has 3 aromatic rings. The second-order valence-electron chi connectivity index (χ2n) is 5.97. The van der Waals surface area contributed by atoms with Crippen molar-refractivity contribution in [3.8, 4) is 0 Å². The summed E-state index contributed by atoms with van der Waals surface area (Å²) >= 11 is 1.41. The lowest BCUT2D eigenvalue weighted by Gasteiger charge is -2.14. The molecule has 0 aliphatic heterocycles. The summed E-state index contributed by atoms with van der Waals surface area (Å²) in [7, 11) is -3.69. The van der Waals surface area contributed by atoms with Crippen molar-refractivity contribution >= 4 is 38.3 Å². The van der Waals surface area contributed by atoms with Gasteiger partial charge in [-0.25, -0.2) is 28.1 Å². The van der Waals surface area contributed by atoms with Gasteiger partial charge in [-0.2, -0.15) is 0 Å². The molecule has 0 saturated heterocycles. The molecule has 0 saturated carbocycles. The van der Waals surface area contributed by atoms with Crippen molar-refractivity contribution in [3.63, 3.8) is 0 Å². The van der Waals surface area contributed by atoms with Gasteiger partial charge in [-0.05, 0) is 24.6 Å². The van der Waals surface area contributed by atoms with E-state index in [-0.39, 0.29) is 16.5 Å². The predicted molar refractivity (Wildman–Crippen MR) is 108 cm³/mol. The number of nitrogens with zero attached hydrogens (tertiary/aromatic N) is 2. The molecule has 0 aliphatic carbocycles. The average molecular weight is 454 g/mol. The number of rotatable bonds is 5. The van der Waals surface area contributed by atoms with E-state index in [1.807, 2.05) is 12.3 Å². The van der Waals surface area contributed by atoms with Gasteiger partial charge in [0.25, 0.3) is 5.56 Å². The molecule has 11 nitrogen and oxygen atoms in total. The summed E-state index contributed by atoms with van der Waals surface area (Å²) < 4.78 is 24.0. The zero-order valence-electron chi connectivity index (χ0n) is 15.5. The Labute approximate surface area is 174 Å². The van der Waals surface area contributed by atoms with Crippen molar-refractivity contribution in [2.24, 2.45) is 5.14 Å². The van der Waals surface area contributed by atoms with Crippen LogP contribution in [-0.4, -0.2) is 40.0 Å². The summed E-state index contributed by atoms with van der Waals surface area (Å²) in [5, 5.41) is 25.0. The SMILES string of the molecule is CC(NCc1cc(=O)n2ccsc2n1)c1ccc(S(N)(=O)=O)cc1.O=C(O)C(=O)O. The summed E-state index contributed by atoms with van der Waals surface area (Å²) in [5.74, 6) is -3.65. The number of hydrogen-bond donors (Lipinski definition) is 4. The van der Waals surface area contributed by atoms with Crippen molar-refractivity contribution in [2.45, 2.75) is 24.4 Å². The molecule has 0 radical (unpaired) electrons. The van der Waals surface area contributed by atoms with Gasteiger partial charge in [0.2, 0.25) is 10.0 Å². The Morgan fingerprint density at radius 1 is 1.23 bits per heavy atom. The van der Waals surface area contributed by atoms with Crippen LogP contribution in [-0.2, 0) is 26.2 Å². The normalized spacial score (nSPS) is 12.1. The lowest BCUT2D eigenvalue weighted by Crippen LogP contribution is -2.21. The molecular weight excluding hydrogens is 436 g/mol. The Morgan fingerprint density at radius 2 is 1.83 bits per heavy atom. The van der Waals surface area contributed by atoms with E-state index in [0.29, 0.717) is 17.2 Å². The monoisotopic (exact) mass is 454 g/mol. The summed E-state index contributed by atoms with van der Waals surface area (Å²) in [6.07, 6.45) is 1.70. The average Bonchev–Trinajstić information content (AvgIpc) is 3.15. The van der Waals surface area contributed by atoms with Crippen LogP contribution in [0.3, 0.4) is 0 Å². The Balaban J connectivity index is 0.000000469. The van der Waals surface area contributed by atoms with Crippen molar-refractivity contribution in [1.82, 2.24) is 14.7 Å². The molecule has 3 rings (SSSR count). The maximum Gasteiger partial charge on any atom is 0.414 e. The molecule has 2 heterocycles. The van der Waals surface area contributed by atoms with E-state index in [0.717, 1.165) is 5.56 Å². The molecule has 5 N–H and O–H groups in total. The number of primary sulfonamides is 1. The minimum Gasteiger partial charge on any atom is -0.473 e. The van der Waals surface area contributed by atoms with Crippen molar-refractivity contribution in [3.05, 3.63) is 63.5 Å². The van der Waals surface area contributed by atoms with Crippen LogP contribution < -0.4 is 16.0 Å². The zero-order chi connectivity index (χ0) is 22.5. The molecule has 0 bridgehead atoms. The maximum absolute atomic E-state index is 11.9. The third kappa shape index (κ3) is 6.18. The second-order valence-corrected chi connectivity index (χ2v) is 8.40. The Morgan fingerprint density at radius 3 is 2.37 bits per heavy atom. The second kappa shape index (κ2) is 9.58. The van der Waals surface area contributed by atoms with Crippen molar-refractivity contribution < 1.29 is 28.2 Å². The lowest BCUT2D eigenvalue weighted by atomic mass is 10.1. The zero-order valence-corrected chi connectivity index (χ0v) is 17.2. The number of benzene rings is 1. The molecule has 1 aromatic carbocycles. The number of fused-ring (bicyclic) bond motifs is 1. The summed E-state index contributed by atoms with van der Waals surface area (Å²) in [6.45, 7) is 2.38. The van der Waals surface area contributed by atoms with Crippen LogP contribution in [0.4, 0.5) is 0 Å². The largest absolute Gasteiger partial charge is 0.473 e. The van der Waals surface area contributed by atoms with Crippen LogP contribution in [0.25, 0.3) is 4.96 Å². The fourth-order valence-electron chi connectivity index (χ4n) is 2.30. The van der Waals surface area contributed by atoms with Crippen LogP contribution in [0.1, 0.15) is 24.2 Å². The summed E-state index contributed by atoms with van der Waals surface area (Å²) in [5.41, 5.74) is 1.47. The maximum atomic E-state index is 11.9. The molecule has 0 aliphatic rings. The molecule has 160 valence electrons. The van der Waals surface area contributed by atoms with Crippen molar-refractivity contribution in [1.29, 1.82) is 0 Å². The molecule has 1 atom stereocenters. The van der Waals surface area contributed by atoms with Crippen LogP contribution in [0.5, 0.6) is 0 Å². The number of nitrogens with one attached hydrogen (secondary N) is 1. The van der Waals surface area contributed by atoms with Crippen LogP contribution >= 0.6 is 11.3 Å². The number of carboxylic acids is 2.